The van der Waals surface area contributed by atoms with Crippen LogP contribution < -0.4 is 4.74 Å². The maximum absolute atomic E-state index is 11.3. The van der Waals surface area contributed by atoms with E-state index in [1.54, 1.807) is 18.3 Å². The van der Waals surface area contributed by atoms with Crippen LogP contribution in [0.5, 0.6) is 5.75 Å². The molecule has 3 aromatic rings. The normalized spacial score (nSPS) is 12.1. The van der Waals surface area contributed by atoms with Crippen molar-refractivity contribution in [2.24, 2.45) is 0 Å². The molecule has 0 aliphatic carbocycles. The van der Waals surface area contributed by atoms with E-state index in [2.05, 4.69) is 31.7 Å². The van der Waals surface area contributed by atoms with Gasteiger partial charge in [0.1, 0.15) is 23.7 Å². The third-order valence-corrected chi connectivity index (χ3v) is 5.94. The molecule has 0 radical (unpaired) electrons. The van der Waals surface area contributed by atoms with Gasteiger partial charge in [-0.3, -0.25) is 0 Å². The number of furan rings is 1. The first kappa shape index (κ1) is 22.1. The minimum absolute atomic E-state index is 0.00592. The summed E-state index contributed by atoms with van der Waals surface area (Å²) in [5.74, 6) is 1.17. The Morgan fingerprint density at radius 3 is 2.80 bits per heavy atom. The van der Waals surface area contributed by atoms with E-state index in [0.29, 0.717) is 18.6 Å². The Balaban J connectivity index is 1.44. The highest BCUT2D eigenvalue weighted by Crippen LogP contribution is 2.34. The lowest BCUT2D eigenvalue weighted by atomic mass is 10.1. The number of unbranched alkanes of at least 4 members (excludes halogenated alkanes) is 1. The molecular formula is C24H28O5S. The van der Waals surface area contributed by atoms with Gasteiger partial charge in [0.25, 0.3) is 0 Å². The SMILES string of the molecule is C=C(C)C(=O)OCC(O)CCCCOc1ccc2cc(-c3ccc(CC)s3)oc2c1. The molecule has 0 spiro atoms. The first-order valence-corrected chi connectivity index (χ1v) is 11.0. The van der Waals surface area contributed by atoms with E-state index >= 15 is 0 Å². The molecule has 0 fully saturated rings. The van der Waals surface area contributed by atoms with Crippen molar-refractivity contribution in [2.75, 3.05) is 13.2 Å². The monoisotopic (exact) mass is 428 g/mol. The predicted octanol–water partition coefficient (Wildman–Crippen LogP) is 5.75. The molecule has 0 saturated carbocycles. The van der Waals surface area contributed by atoms with E-state index in [4.69, 9.17) is 13.9 Å². The largest absolute Gasteiger partial charge is 0.493 e. The molecule has 0 saturated heterocycles. The van der Waals surface area contributed by atoms with Crippen LogP contribution in [0.4, 0.5) is 0 Å². The van der Waals surface area contributed by atoms with Crippen molar-refractivity contribution < 1.29 is 23.8 Å². The standard InChI is InChI=1S/C24H28O5S/c1-4-20-10-11-23(30-20)22-13-17-8-9-19(14-21(17)29-22)27-12-6-5-7-18(25)15-28-24(26)16(2)3/h8-11,13-14,18,25H,2,4-7,12,15H2,1,3H3. The van der Waals surface area contributed by atoms with E-state index in [9.17, 15) is 9.90 Å². The maximum atomic E-state index is 11.3. The van der Waals surface area contributed by atoms with Crippen molar-refractivity contribution in [3.63, 3.8) is 0 Å². The van der Waals surface area contributed by atoms with Gasteiger partial charge in [-0.1, -0.05) is 13.5 Å². The van der Waals surface area contributed by atoms with Gasteiger partial charge in [0.2, 0.25) is 0 Å². The molecule has 6 heteroatoms. The summed E-state index contributed by atoms with van der Waals surface area (Å²) in [6.07, 6.45) is 2.48. The molecule has 1 atom stereocenters. The van der Waals surface area contributed by atoms with Crippen LogP contribution in [-0.4, -0.2) is 30.4 Å². The number of ether oxygens (including phenoxy) is 2. The van der Waals surface area contributed by atoms with Crippen molar-refractivity contribution in [3.8, 4) is 16.4 Å². The molecule has 3 rings (SSSR count). The summed E-state index contributed by atoms with van der Waals surface area (Å²) < 4.78 is 16.8. The summed E-state index contributed by atoms with van der Waals surface area (Å²) in [7, 11) is 0. The minimum atomic E-state index is -0.670. The van der Waals surface area contributed by atoms with Crippen molar-refractivity contribution >= 4 is 28.3 Å². The lowest BCUT2D eigenvalue weighted by molar-refractivity contribution is -0.142. The van der Waals surface area contributed by atoms with Crippen LogP contribution in [0.15, 0.2) is 53.0 Å². The summed E-state index contributed by atoms with van der Waals surface area (Å²) in [4.78, 5) is 13.8. The van der Waals surface area contributed by atoms with E-state index < -0.39 is 12.1 Å². The Morgan fingerprint density at radius 1 is 1.23 bits per heavy atom. The molecule has 30 heavy (non-hydrogen) atoms. The summed E-state index contributed by atoms with van der Waals surface area (Å²) in [6.45, 7) is 7.78. The average molecular weight is 429 g/mol. The van der Waals surface area contributed by atoms with Crippen molar-refractivity contribution in [3.05, 3.63) is 53.4 Å². The average Bonchev–Trinajstić information content (AvgIpc) is 3.37. The van der Waals surface area contributed by atoms with Gasteiger partial charge in [0.15, 0.2) is 0 Å². The highest BCUT2D eigenvalue weighted by molar-refractivity contribution is 7.15. The van der Waals surface area contributed by atoms with E-state index in [0.717, 1.165) is 46.6 Å². The Labute approximate surface area is 180 Å². The highest BCUT2D eigenvalue weighted by Gasteiger charge is 2.11. The Morgan fingerprint density at radius 2 is 2.07 bits per heavy atom. The zero-order chi connectivity index (χ0) is 21.5. The van der Waals surface area contributed by atoms with Crippen molar-refractivity contribution in [2.45, 2.75) is 45.6 Å². The number of rotatable bonds is 11. The summed E-state index contributed by atoms with van der Waals surface area (Å²) in [5, 5.41) is 10.9. The molecule has 160 valence electrons. The van der Waals surface area contributed by atoms with Gasteiger partial charge >= 0.3 is 5.97 Å². The fraction of sp³-hybridized carbons (Fsp3) is 0.375. The summed E-state index contributed by atoms with van der Waals surface area (Å²) in [6, 6.07) is 12.2. The first-order chi connectivity index (χ1) is 14.5. The number of hydrogen-bond acceptors (Lipinski definition) is 6. The van der Waals surface area contributed by atoms with Crippen LogP contribution in [0.25, 0.3) is 21.6 Å². The molecule has 0 bridgehead atoms. The second kappa shape index (κ2) is 10.5. The number of hydrogen-bond donors (Lipinski definition) is 1. The molecular weight excluding hydrogens is 400 g/mol. The van der Waals surface area contributed by atoms with Crippen LogP contribution in [0.2, 0.25) is 0 Å². The number of thiophene rings is 1. The Kier molecular flexibility index (Phi) is 7.71. The number of carbonyl (C=O) groups excluding carboxylic acids is 1. The summed E-state index contributed by atoms with van der Waals surface area (Å²) in [5.41, 5.74) is 1.14. The second-order valence-electron chi connectivity index (χ2n) is 7.31. The molecule has 2 aromatic heterocycles. The van der Waals surface area contributed by atoms with Gasteiger partial charge in [0, 0.05) is 21.9 Å². The van der Waals surface area contributed by atoms with Gasteiger partial charge in [-0.15, -0.1) is 11.3 Å². The molecule has 2 heterocycles. The second-order valence-corrected chi connectivity index (χ2v) is 8.47. The smallest absolute Gasteiger partial charge is 0.333 e. The van der Waals surface area contributed by atoms with E-state index in [1.165, 1.54) is 4.88 Å². The number of benzene rings is 1. The van der Waals surface area contributed by atoms with E-state index in [1.807, 2.05) is 18.2 Å². The maximum Gasteiger partial charge on any atom is 0.333 e. The molecule has 1 N–H and O–H groups in total. The van der Waals surface area contributed by atoms with Gasteiger partial charge in [-0.2, -0.15) is 0 Å². The zero-order valence-electron chi connectivity index (χ0n) is 17.5. The third kappa shape index (κ3) is 5.97. The van der Waals surface area contributed by atoms with Crippen LogP contribution in [0.3, 0.4) is 0 Å². The van der Waals surface area contributed by atoms with Gasteiger partial charge < -0.3 is 19.0 Å². The molecule has 5 nitrogen and oxygen atoms in total. The van der Waals surface area contributed by atoms with Crippen LogP contribution in [0, 0.1) is 0 Å². The topological polar surface area (TPSA) is 68.9 Å². The zero-order valence-corrected chi connectivity index (χ0v) is 18.3. The fourth-order valence-corrected chi connectivity index (χ4v) is 3.87. The minimum Gasteiger partial charge on any atom is -0.493 e. The fourth-order valence-electron chi connectivity index (χ4n) is 2.97. The quantitative estimate of drug-likeness (QED) is 0.239. The van der Waals surface area contributed by atoms with Crippen LogP contribution in [0.1, 0.15) is 38.0 Å². The lowest BCUT2D eigenvalue weighted by Crippen LogP contribution is -2.19. The van der Waals surface area contributed by atoms with Gasteiger partial charge in [-0.25, -0.2) is 4.79 Å². The Hall–Kier alpha value is -2.57. The summed E-state index contributed by atoms with van der Waals surface area (Å²) >= 11 is 1.76. The number of esters is 1. The van der Waals surface area contributed by atoms with E-state index in [-0.39, 0.29) is 6.61 Å². The number of aliphatic hydroxyl groups excluding tert-OH is 1. The van der Waals surface area contributed by atoms with Crippen LogP contribution >= 0.6 is 11.3 Å². The molecule has 1 unspecified atom stereocenters. The molecule has 0 aliphatic heterocycles. The van der Waals surface area contributed by atoms with Crippen molar-refractivity contribution in [1.82, 2.24) is 0 Å². The van der Waals surface area contributed by atoms with Gasteiger partial charge in [0.05, 0.1) is 17.6 Å². The highest BCUT2D eigenvalue weighted by atomic mass is 32.1. The van der Waals surface area contributed by atoms with Crippen LogP contribution in [-0.2, 0) is 16.0 Å². The molecule has 1 aromatic carbocycles. The lowest BCUT2D eigenvalue weighted by Gasteiger charge is -2.11. The predicted molar refractivity (Wildman–Crippen MR) is 120 cm³/mol. The molecule has 0 aliphatic rings. The number of aryl methyl sites for hydroxylation is 1. The number of carbonyl (C=O) groups is 1. The number of aliphatic hydroxyl groups is 1. The van der Waals surface area contributed by atoms with Crippen molar-refractivity contribution in [1.29, 1.82) is 0 Å². The van der Waals surface area contributed by atoms with Gasteiger partial charge in [-0.05, 0) is 62.9 Å². The first-order valence-electron chi connectivity index (χ1n) is 10.2. The third-order valence-electron chi connectivity index (χ3n) is 4.70. The Bertz CT molecular complexity index is 1000. The molecule has 0 amide bonds. The number of fused-ring (bicyclic) bond motifs is 1.